The highest BCUT2D eigenvalue weighted by Crippen LogP contribution is 2.39. The highest BCUT2D eigenvalue weighted by Gasteiger charge is 2.29. The molecule has 1 N–H and O–H groups in total. The fourth-order valence-corrected chi connectivity index (χ4v) is 3.09. The molecule has 1 aliphatic rings. The highest BCUT2D eigenvalue weighted by atomic mass is 32.2. The number of thioether (sulfide) groups is 1. The maximum atomic E-state index is 10.1. The molecule has 1 unspecified atom stereocenters. The van der Waals surface area contributed by atoms with E-state index in [1.807, 2.05) is 42.8 Å². The van der Waals surface area contributed by atoms with E-state index in [1.165, 1.54) is 24.6 Å². The Bertz CT molecular complexity index is 640. The predicted molar refractivity (Wildman–Crippen MR) is 86.4 cm³/mol. The number of aryl methyl sites for hydroxylation is 1. The van der Waals surface area contributed by atoms with Crippen LogP contribution in [0.3, 0.4) is 0 Å². The van der Waals surface area contributed by atoms with Crippen molar-refractivity contribution in [2.75, 3.05) is 12.4 Å². The molecule has 118 valence electrons. The van der Waals surface area contributed by atoms with Gasteiger partial charge in [0.15, 0.2) is 5.16 Å². The van der Waals surface area contributed by atoms with E-state index in [0.717, 1.165) is 22.3 Å². The van der Waals surface area contributed by atoms with Gasteiger partial charge in [-0.2, -0.15) is 0 Å². The number of hydrogen-bond acceptors (Lipinski definition) is 5. The first-order chi connectivity index (χ1) is 10.6. The smallest absolute Gasteiger partial charge is 0.191 e. The Morgan fingerprint density at radius 3 is 2.95 bits per heavy atom. The summed E-state index contributed by atoms with van der Waals surface area (Å²) in [6, 6.07) is 7.83. The molecule has 1 atom stereocenters. The third-order valence-corrected chi connectivity index (χ3v) is 4.81. The minimum atomic E-state index is -0.536. The maximum Gasteiger partial charge on any atom is 0.191 e. The second-order valence-electron chi connectivity index (χ2n) is 5.77. The standard InChI is InChI=1S/C16H21N3O2S/c1-11-4-3-5-14(8-11)21-9-13(20)10-22-16-18-17-15(19(16)2)12-6-7-12/h3-5,8,12-13,20H,6-7,9-10H2,1-2H3. The minimum Gasteiger partial charge on any atom is -0.491 e. The van der Waals surface area contributed by atoms with Gasteiger partial charge in [-0.25, -0.2) is 0 Å². The first-order valence-corrected chi connectivity index (χ1v) is 8.51. The number of aromatic nitrogens is 3. The summed E-state index contributed by atoms with van der Waals surface area (Å²) < 4.78 is 7.65. The summed E-state index contributed by atoms with van der Waals surface area (Å²) in [5.74, 6) is 2.98. The molecule has 0 saturated heterocycles. The number of aliphatic hydroxyl groups excluding tert-OH is 1. The first kappa shape index (κ1) is 15.4. The minimum absolute atomic E-state index is 0.282. The monoisotopic (exact) mass is 319 g/mol. The van der Waals surface area contributed by atoms with E-state index < -0.39 is 6.10 Å². The Kier molecular flexibility index (Phi) is 4.69. The van der Waals surface area contributed by atoms with Gasteiger partial charge in [0.2, 0.25) is 0 Å². The van der Waals surface area contributed by atoms with Gasteiger partial charge in [0, 0.05) is 18.7 Å². The predicted octanol–water partition coefficient (Wildman–Crippen LogP) is 2.53. The Hall–Kier alpha value is -1.53. The lowest BCUT2D eigenvalue weighted by Crippen LogP contribution is -2.20. The van der Waals surface area contributed by atoms with E-state index in [1.54, 1.807) is 0 Å². The molecule has 1 saturated carbocycles. The van der Waals surface area contributed by atoms with Crippen molar-refractivity contribution < 1.29 is 9.84 Å². The highest BCUT2D eigenvalue weighted by molar-refractivity contribution is 7.99. The Balaban J connectivity index is 1.47. The molecule has 1 fully saturated rings. The first-order valence-electron chi connectivity index (χ1n) is 7.53. The lowest BCUT2D eigenvalue weighted by molar-refractivity contribution is 0.126. The van der Waals surface area contributed by atoms with Gasteiger partial charge in [0.05, 0.1) is 6.10 Å². The van der Waals surface area contributed by atoms with E-state index >= 15 is 0 Å². The van der Waals surface area contributed by atoms with E-state index in [2.05, 4.69) is 10.2 Å². The number of benzene rings is 1. The average Bonchev–Trinajstić information content (AvgIpc) is 3.27. The molecule has 22 heavy (non-hydrogen) atoms. The van der Waals surface area contributed by atoms with Crippen LogP contribution in [0.4, 0.5) is 0 Å². The van der Waals surface area contributed by atoms with Crippen LogP contribution < -0.4 is 4.74 Å². The van der Waals surface area contributed by atoms with Crippen LogP contribution >= 0.6 is 11.8 Å². The second kappa shape index (κ2) is 6.71. The quantitative estimate of drug-likeness (QED) is 0.795. The molecule has 1 aliphatic carbocycles. The SMILES string of the molecule is Cc1cccc(OCC(O)CSc2nnc(C3CC3)n2C)c1. The zero-order valence-corrected chi connectivity index (χ0v) is 13.7. The van der Waals surface area contributed by atoms with Crippen molar-refractivity contribution >= 4 is 11.8 Å². The Morgan fingerprint density at radius 2 is 2.23 bits per heavy atom. The lowest BCUT2D eigenvalue weighted by atomic mass is 10.2. The number of rotatable bonds is 7. The van der Waals surface area contributed by atoms with Gasteiger partial charge in [-0.15, -0.1) is 10.2 Å². The molecule has 3 rings (SSSR count). The van der Waals surface area contributed by atoms with Gasteiger partial charge < -0.3 is 14.4 Å². The molecular formula is C16H21N3O2S. The molecule has 6 heteroatoms. The summed E-state index contributed by atoms with van der Waals surface area (Å²) in [5.41, 5.74) is 1.15. The van der Waals surface area contributed by atoms with Gasteiger partial charge in [-0.05, 0) is 37.5 Å². The van der Waals surface area contributed by atoms with Gasteiger partial charge in [-0.3, -0.25) is 0 Å². The molecule has 0 radical (unpaired) electrons. The Labute approximate surface area is 134 Å². The maximum absolute atomic E-state index is 10.1. The van der Waals surface area contributed by atoms with Crippen LogP contribution in [0.5, 0.6) is 5.75 Å². The van der Waals surface area contributed by atoms with Crippen LogP contribution in [-0.4, -0.2) is 38.3 Å². The lowest BCUT2D eigenvalue weighted by Gasteiger charge is -2.12. The molecular weight excluding hydrogens is 298 g/mol. The van der Waals surface area contributed by atoms with Crippen LogP contribution in [0.1, 0.15) is 30.1 Å². The summed E-state index contributed by atoms with van der Waals surface area (Å²) in [6.07, 6.45) is 1.89. The van der Waals surface area contributed by atoms with Crippen molar-refractivity contribution in [3.8, 4) is 5.75 Å². The van der Waals surface area contributed by atoms with Gasteiger partial charge >= 0.3 is 0 Å². The van der Waals surface area contributed by atoms with E-state index in [-0.39, 0.29) is 6.61 Å². The zero-order valence-electron chi connectivity index (χ0n) is 12.9. The third kappa shape index (κ3) is 3.81. The molecule has 2 aromatic rings. The normalized spacial score (nSPS) is 15.8. The second-order valence-corrected chi connectivity index (χ2v) is 6.75. The summed E-state index contributed by atoms with van der Waals surface area (Å²) in [7, 11) is 1.99. The van der Waals surface area contributed by atoms with Crippen LogP contribution in [0.15, 0.2) is 29.4 Å². The van der Waals surface area contributed by atoms with Crippen molar-refractivity contribution in [2.24, 2.45) is 7.05 Å². The molecule has 0 amide bonds. The summed E-state index contributed by atoms with van der Waals surface area (Å²) in [6.45, 7) is 2.30. The molecule has 0 bridgehead atoms. The Morgan fingerprint density at radius 1 is 1.41 bits per heavy atom. The number of nitrogens with zero attached hydrogens (tertiary/aromatic N) is 3. The van der Waals surface area contributed by atoms with Crippen LogP contribution in [-0.2, 0) is 7.05 Å². The topological polar surface area (TPSA) is 60.2 Å². The van der Waals surface area contributed by atoms with Crippen LogP contribution in [0, 0.1) is 6.92 Å². The van der Waals surface area contributed by atoms with E-state index in [0.29, 0.717) is 11.7 Å². The van der Waals surface area contributed by atoms with Crippen molar-refractivity contribution in [1.82, 2.24) is 14.8 Å². The fourth-order valence-electron chi connectivity index (χ4n) is 2.27. The molecule has 1 aromatic heterocycles. The average molecular weight is 319 g/mol. The van der Waals surface area contributed by atoms with Gasteiger partial charge in [0.1, 0.15) is 18.2 Å². The number of aliphatic hydroxyl groups is 1. The van der Waals surface area contributed by atoms with Crippen molar-refractivity contribution in [3.63, 3.8) is 0 Å². The largest absolute Gasteiger partial charge is 0.491 e. The fraction of sp³-hybridized carbons (Fsp3) is 0.500. The molecule has 5 nitrogen and oxygen atoms in total. The van der Waals surface area contributed by atoms with Gasteiger partial charge in [0.25, 0.3) is 0 Å². The van der Waals surface area contributed by atoms with Crippen LogP contribution in [0.2, 0.25) is 0 Å². The van der Waals surface area contributed by atoms with E-state index in [4.69, 9.17) is 4.74 Å². The molecule has 1 aromatic carbocycles. The molecule has 1 heterocycles. The molecule has 0 spiro atoms. The summed E-state index contributed by atoms with van der Waals surface area (Å²) in [5, 5.41) is 19.4. The number of ether oxygens (including phenoxy) is 1. The van der Waals surface area contributed by atoms with Crippen molar-refractivity contribution in [3.05, 3.63) is 35.7 Å². The third-order valence-electron chi connectivity index (χ3n) is 3.65. The van der Waals surface area contributed by atoms with E-state index in [9.17, 15) is 5.11 Å². The number of hydrogen-bond donors (Lipinski definition) is 1. The summed E-state index contributed by atoms with van der Waals surface area (Å²) >= 11 is 1.52. The van der Waals surface area contributed by atoms with Crippen LogP contribution in [0.25, 0.3) is 0 Å². The van der Waals surface area contributed by atoms with Gasteiger partial charge in [-0.1, -0.05) is 23.9 Å². The zero-order chi connectivity index (χ0) is 15.5. The molecule has 0 aliphatic heterocycles. The van der Waals surface area contributed by atoms with Crippen molar-refractivity contribution in [1.29, 1.82) is 0 Å². The summed E-state index contributed by atoms with van der Waals surface area (Å²) in [4.78, 5) is 0. The van der Waals surface area contributed by atoms with Crippen molar-refractivity contribution in [2.45, 2.75) is 36.9 Å².